The number of likely N-dealkylation sites (tertiary alicyclic amines) is 1. The van der Waals surface area contributed by atoms with E-state index in [9.17, 15) is 18.0 Å². The Labute approximate surface area is 151 Å². The fourth-order valence-electron chi connectivity index (χ4n) is 2.81. The summed E-state index contributed by atoms with van der Waals surface area (Å²) in [6.45, 7) is 1.30. The van der Waals surface area contributed by atoms with Crippen LogP contribution in [0, 0.1) is 0 Å². The molecule has 0 aliphatic carbocycles. The van der Waals surface area contributed by atoms with E-state index in [1.807, 2.05) is 0 Å². The largest absolute Gasteiger partial charge is 0.338 e. The normalized spacial score (nSPS) is 14.5. The van der Waals surface area contributed by atoms with Gasteiger partial charge < -0.3 is 10.2 Å². The van der Waals surface area contributed by atoms with Crippen molar-refractivity contribution in [1.29, 1.82) is 0 Å². The second-order valence-corrected chi connectivity index (χ2v) is 7.70. The van der Waals surface area contributed by atoms with Crippen LogP contribution in [0.25, 0.3) is 0 Å². The van der Waals surface area contributed by atoms with Crippen molar-refractivity contribution in [2.24, 2.45) is 5.14 Å². The molecule has 1 aliphatic rings. The quantitative estimate of drug-likeness (QED) is 0.831. The zero-order chi connectivity index (χ0) is 18.7. The smallest absolute Gasteiger partial charge is 0.255 e. The molecule has 1 aliphatic heterocycles. The van der Waals surface area contributed by atoms with Crippen LogP contribution in [0.1, 0.15) is 28.8 Å². The van der Waals surface area contributed by atoms with Crippen LogP contribution in [0.3, 0.4) is 0 Å². The molecule has 0 saturated carbocycles. The molecule has 2 aromatic carbocycles. The number of benzene rings is 2. The Morgan fingerprint density at radius 1 is 1.15 bits per heavy atom. The summed E-state index contributed by atoms with van der Waals surface area (Å²) in [7, 11) is -3.83. The zero-order valence-corrected chi connectivity index (χ0v) is 14.8. The molecule has 7 nitrogen and oxygen atoms in total. The van der Waals surface area contributed by atoms with Crippen molar-refractivity contribution in [2.45, 2.75) is 24.3 Å². The first-order valence-corrected chi connectivity index (χ1v) is 9.68. The van der Waals surface area contributed by atoms with Crippen LogP contribution in [0.5, 0.6) is 0 Å². The van der Waals surface area contributed by atoms with Crippen molar-refractivity contribution < 1.29 is 18.0 Å². The number of nitrogens with two attached hydrogens (primary N) is 1. The minimum absolute atomic E-state index is 0.0686. The van der Waals surface area contributed by atoms with Crippen molar-refractivity contribution in [3.05, 3.63) is 59.7 Å². The fraction of sp³-hybridized carbons (Fsp3) is 0.222. The van der Waals surface area contributed by atoms with E-state index in [0.29, 0.717) is 24.2 Å². The number of hydrogen-bond acceptors (Lipinski definition) is 4. The molecule has 136 valence electrons. The second-order valence-electron chi connectivity index (χ2n) is 6.14. The van der Waals surface area contributed by atoms with Crippen LogP contribution in [0.4, 0.5) is 5.69 Å². The molecule has 3 N–H and O–H groups in total. The molecule has 0 radical (unpaired) electrons. The molecule has 1 fully saturated rings. The number of carbonyl (C=O) groups is 2. The van der Waals surface area contributed by atoms with Gasteiger partial charge in [0.15, 0.2) is 0 Å². The molecule has 0 aromatic heterocycles. The summed E-state index contributed by atoms with van der Waals surface area (Å²) in [5, 5.41) is 7.74. The highest BCUT2D eigenvalue weighted by Gasteiger charge is 2.20. The van der Waals surface area contributed by atoms with E-state index in [1.54, 1.807) is 35.2 Å². The van der Waals surface area contributed by atoms with Gasteiger partial charge in [0.1, 0.15) is 0 Å². The van der Waals surface area contributed by atoms with E-state index >= 15 is 0 Å². The molecule has 2 amide bonds. The number of hydrogen-bond donors (Lipinski definition) is 2. The molecular weight excluding hydrogens is 354 g/mol. The highest BCUT2D eigenvalue weighted by atomic mass is 32.2. The molecule has 26 heavy (non-hydrogen) atoms. The van der Waals surface area contributed by atoms with Crippen LogP contribution in [0.15, 0.2) is 53.4 Å². The minimum atomic E-state index is -3.83. The molecule has 0 atom stereocenters. The maximum atomic E-state index is 12.3. The van der Waals surface area contributed by atoms with Gasteiger partial charge in [-0.1, -0.05) is 18.2 Å². The summed E-state index contributed by atoms with van der Waals surface area (Å²) in [4.78, 5) is 25.7. The lowest BCUT2D eigenvalue weighted by Gasteiger charge is -2.15. The Morgan fingerprint density at radius 3 is 2.50 bits per heavy atom. The molecule has 8 heteroatoms. The van der Waals surface area contributed by atoms with E-state index in [4.69, 9.17) is 5.14 Å². The lowest BCUT2D eigenvalue weighted by Crippen LogP contribution is -2.23. The van der Waals surface area contributed by atoms with Crippen molar-refractivity contribution >= 4 is 27.5 Å². The van der Waals surface area contributed by atoms with Crippen LogP contribution >= 0.6 is 0 Å². The molecule has 0 unspecified atom stereocenters. The third-order valence-electron chi connectivity index (χ3n) is 4.18. The predicted octanol–water partition coefficient (Wildman–Crippen LogP) is 1.71. The van der Waals surface area contributed by atoms with Crippen molar-refractivity contribution in [3.8, 4) is 0 Å². The lowest BCUT2D eigenvalue weighted by molar-refractivity contribution is -0.128. The van der Waals surface area contributed by atoms with Gasteiger partial charge in [-0.15, -0.1) is 0 Å². The minimum Gasteiger partial charge on any atom is -0.338 e. The van der Waals surface area contributed by atoms with Gasteiger partial charge in [-0.3, -0.25) is 9.59 Å². The molecule has 2 aromatic rings. The summed E-state index contributed by atoms with van der Waals surface area (Å²) in [6, 6.07) is 12.7. The molecule has 3 rings (SSSR count). The first kappa shape index (κ1) is 18.1. The van der Waals surface area contributed by atoms with E-state index in [1.165, 1.54) is 18.2 Å². The van der Waals surface area contributed by atoms with Crippen molar-refractivity contribution in [3.63, 3.8) is 0 Å². The van der Waals surface area contributed by atoms with Crippen LogP contribution in [-0.4, -0.2) is 31.7 Å². The average Bonchev–Trinajstić information content (AvgIpc) is 3.00. The first-order chi connectivity index (χ1) is 12.3. The maximum absolute atomic E-state index is 12.3. The first-order valence-electron chi connectivity index (χ1n) is 8.14. The molecule has 1 heterocycles. The highest BCUT2D eigenvalue weighted by Crippen LogP contribution is 2.17. The Balaban J connectivity index is 1.68. The Morgan fingerprint density at radius 2 is 1.88 bits per heavy atom. The third-order valence-corrected chi connectivity index (χ3v) is 5.09. The Hall–Kier alpha value is -2.71. The molecule has 0 bridgehead atoms. The predicted molar refractivity (Wildman–Crippen MR) is 96.9 cm³/mol. The molecule has 0 spiro atoms. The summed E-state index contributed by atoms with van der Waals surface area (Å²) in [5.41, 5.74) is 1.73. The van der Waals surface area contributed by atoms with E-state index in [2.05, 4.69) is 5.32 Å². The number of anilines is 1. The fourth-order valence-corrected chi connectivity index (χ4v) is 3.37. The van der Waals surface area contributed by atoms with E-state index in [0.717, 1.165) is 18.5 Å². The average molecular weight is 373 g/mol. The van der Waals surface area contributed by atoms with Gasteiger partial charge in [-0.25, -0.2) is 13.6 Å². The van der Waals surface area contributed by atoms with E-state index < -0.39 is 10.0 Å². The standard InChI is InChI=1S/C18H19N3O4S/c19-26(24,25)16-4-1-3-15(11-16)20-18(23)14-8-6-13(7-9-14)12-21-10-2-5-17(21)22/h1,3-4,6-9,11H,2,5,10,12H2,(H,20,23)(H2,19,24,25). The number of primary sulfonamides is 1. The number of amides is 2. The van der Waals surface area contributed by atoms with Crippen LogP contribution < -0.4 is 10.5 Å². The monoisotopic (exact) mass is 373 g/mol. The number of nitrogens with zero attached hydrogens (tertiary/aromatic N) is 1. The summed E-state index contributed by atoms with van der Waals surface area (Å²) >= 11 is 0. The van der Waals surface area contributed by atoms with E-state index in [-0.39, 0.29) is 16.7 Å². The maximum Gasteiger partial charge on any atom is 0.255 e. The van der Waals surface area contributed by atoms with Crippen molar-refractivity contribution in [1.82, 2.24) is 4.90 Å². The lowest BCUT2D eigenvalue weighted by atomic mass is 10.1. The van der Waals surface area contributed by atoms with Gasteiger partial charge in [-0.2, -0.15) is 0 Å². The van der Waals surface area contributed by atoms with Crippen molar-refractivity contribution in [2.75, 3.05) is 11.9 Å². The Bertz CT molecular complexity index is 939. The summed E-state index contributed by atoms with van der Waals surface area (Å²) in [5.74, 6) is -0.207. The SMILES string of the molecule is NS(=O)(=O)c1cccc(NC(=O)c2ccc(CN3CCCC3=O)cc2)c1. The van der Waals surface area contributed by atoms with Gasteiger partial charge in [-0.05, 0) is 42.3 Å². The second kappa shape index (κ2) is 7.27. The van der Waals surface area contributed by atoms with Crippen LogP contribution in [-0.2, 0) is 21.4 Å². The van der Waals surface area contributed by atoms with Crippen LogP contribution in [0.2, 0.25) is 0 Å². The number of carbonyl (C=O) groups excluding carboxylic acids is 2. The number of sulfonamides is 1. The topological polar surface area (TPSA) is 110 Å². The Kier molecular flexibility index (Phi) is 5.06. The van der Waals surface area contributed by atoms with Gasteiger partial charge in [0.25, 0.3) is 5.91 Å². The summed E-state index contributed by atoms with van der Waals surface area (Å²) in [6.07, 6.45) is 1.48. The van der Waals surface area contributed by atoms with Gasteiger partial charge in [0.05, 0.1) is 4.90 Å². The number of rotatable bonds is 5. The summed E-state index contributed by atoms with van der Waals surface area (Å²) < 4.78 is 22.8. The molecular formula is C18H19N3O4S. The molecule has 1 saturated heterocycles. The van der Waals surface area contributed by atoms with Gasteiger partial charge >= 0.3 is 0 Å². The van der Waals surface area contributed by atoms with Gasteiger partial charge in [0.2, 0.25) is 15.9 Å². The van der Waals surface area contributed by atoms with Gasteiger partial charge in [0, 0.05) is 30.8 Å². The third kappa shape index (κ3) is 4.27. The number of nitrogens with one attached hydrogen (secondary N) is 1. The highest BCUT2D eigenvalue weighted by molar-refractivity contribution is 7.89. The zero-order valence-electron chi connectivity index (χ0n) is 14.0.